The number of fused-ring (bicyclic) bond motifs is 2. The van der Waals surface area contributed by atoms with E-state index in [0.717, 1.165) is 11.4 Å². The lowest BCUT2D eigenvalue weighted by atomic mass is 9.78. The summed E-state index contributed by atoms with van der Waals surface area (Å²) in [7, 11) is 1.59. The van der Waals surface area contributed by atoms with Gasteiger partial charge in [0.1, 0.15) is 17.5 Å². The number of anilines is 2. The Labute approximate surface area is 268 Å². The van der Waals surface area contributed by atoms with Crippen molar-refractivity contribution in [3.8, 4) is 11.5 Å². The second kappa shape index (κ2) is 12.6. The molecule has 0 aromatic heterocycles. The Morgan fingerprint density at radius 1 is 0.911 bits per heavy atom. The van der Waals surface area contributed by atoms with Gasteiger partial charge in [0.05, 0.1) is 42.9 Å². The molecule has 9 nitrogen and oxygen atoms in total. The first-order valence-corrected chi connectivity index (χ1v) is 16.6. The third kappa shape index (κ3) is 5.31. The number of aliphatic hydroxyl groups excluding tert-OH is 1. The van der Waals surface area contributed by atoms with Gasteiger partial charge in [0.25, 0.3) is 5.91 Å². The van der Waals surface area contributed by atoms with E-state index in [1.165, 1.54) is 0 Å². The summed E-state index contributed by atoms with van der Waals surface area (Å²) >= 11 is 1.54. The van der Waals surface area contributed by atoms with Crippen molar-refractivity contribution in [1.29, 1.82) is 0 Å². The molecule has 4 aliphatic rings. The minimum atomic E-state index is -0.975. The maximum absolute atomic E-state index is 14.8. The van der Waals surface area contributed by atoms with E-state index in [-0.39, 0.29) is 35.5 Å². The van der Waals surface area contributed by atoms with Gasteiger partial charge in [0.2, 0.25) is 11.8 Å². The molecule has 1 N–H and O–H groups in total. The van der Waals surface area contributed by atoms with Crippen molar-refractivity contribution in [2.75, 3.05) is 43.2 Å². The lowest BCUT2D eigenvalue weighted by molar-refractivity contribution is -0.142. The number of carbonyl (C=O) groups excluding carboxylic acids is 3. The lowest BCUT2D eigenvalue weighted by Crippen LogP contribution is -2.57. The molecule has 4 heterocycles. The number of nitrogens with zero attached hydrogens (tertiary/aromatic N) is 3. The Hall–Kier alpha value is -3.76. The smallest absolute Gasteiger partial charge is 0.251 e. The molecule has 6 atom stereocenters. The maximum Gasteiger partial charge on any atom is 0.251 e. The standard InChI is InChI=1S/C35H41N3O6S/c1-5-44-27-15-11-23(12-16-27)36-18-6-8-28-29(32(36)40)30-33(41)38(25(21-39)20-22(2)3)31-34(42)37(19-7-17-35(30,31)45-28)24-9-13-26(43-4)14-10-24/h6-17,22,25,28-31,39H,5,18-21H2,1-4H3/t25-,28+,29-,30+,31?,35+/m1/s1. The molecule has 10 heteroatoms. The van der Waals surface area contributed by atoms with Crippen LogP contribution in [-0.4, -0.2) is 83.2 Å². The molecule has 1 spiro atoms. The van der Waals surface area contributed by atoms with Crippen LogP contribution in [0.5, 0.6) is 11.5 Å². The predicted molar refractivity (Wildman–Crippen MR) is 176 cm³/mol. The van der Waals surface area contributed by atoms with E-state index in [1.54, 1.807) is 33.6 Å². The number of methoxy groups -OCH3 is 1. The van der Waals surface area contributed by atoms with Crippen LogP contribution in [0.3, 0.4) is 0 Å². The molecule has 0 aliphatic carbocycles. The molecule has 4 aliphatic heterocycles. The van der Waals surface area contributed by atoms with Crippen LogP contribution in [0.15, 0.2) is 72.8 Å². The van der Waals surface area contributed by atoms with Gasteiger partial charge < -0.3 is 29.3 Å². The van der Waals surface area contributed by atoms with Gasteiger partial charge in [-0.2, -0.15) is 0 Å². The normalized spacial score (nSPS) is 28.1. The van der Waals surface area contributed by atoms with Gasteiger partial charge in [-0.05, 0) is 67.8 Å². The van der Waals surface area contributed by atoms with Crippen LogP contribution in [-0.2, 0) is 14.4 Å². The minimum absolute atomic E-state index is 0.140. The minimum Gasteiger partial charge on any atom is -0.497 e. The van der Waals surface area contributed by atoms with Gasteiger partial charge in [0, 0.05) is 29.7 Å². The highest BCUT2D eigenvalue weighted by Gasteiger charge is 2.71. The SMILES string of the molecule is CCOc1ccc(N2CC=C[C@@H]3S[C@]45C=CCN(c6ccc(OC)cc6)C(=O)C4N([C@@H](CO)CC(C)C)C(=O)[C@@H]5[C@@H]3C2=O)cc1. The average molecular weight is 632 g/mol. The summed E-state index contributed by atoms with van der Waals surface area (Å²) in [5, 5.41) is 10.3. The first-order valence-electron chi connectivity index (χ1n) is 15.7. The monoisotopic (exact) mass is 631 g/mol. The van der Waals surface area contributed by atoms with E-state index in [9.17, 15) is 19.5 Å². The molecule has 2 aromatic carbocycles. The Morgan fingerprint density at radius 2 is 1.53 bits per heavy atom. The second-order valence-electron chi connectivity index (χ2n) is 12.4. The second-order valence-corrected chi connectivity index (χ2v) is 13.9. The summed E-state index contributed by atoms with van der Waals surface area (Å²) in [4.78, 5) is 49.1. The van der Waals surface area contributed by atoms with Gasteiger partial charge in [-0.15, -0.1) is 11.8 Å². The molecule has 0 saturated carbocycles. The molecule has 2 saturated heterocycles. The van der Waals surface area contributed by atoms with E-state index in [1.807, 2.05) is 93.6 Å². The molecule has 6 rings (SSSR count). The van der Waals surface area contributed by atoms with E-state index >= 15 is 0 Å². The summed E-state index contributed by atoms with van der Waals surface area (Å²) in [6.07, 6.45) is 8.52. The van der Waals surface area contributed by atoms with Crippen LogP contribution in [0.1, 0.15) is 27.2 Å². The van der Waals surface area contributed by atoms with Crippen LogP contribution in [0.2, 0.25) is 0 Å². The number of hydrogen-bond acceptors (Lipinski definition) is 7. The van der Waals surface area contributed by atoms with Gasteiger partial charge in [-0.25, -0.2) is 0 Å². The lowest BCUT2D eigenvalue weighted by Gasteiger charge is -2.39. The van der Waals surface area contributed by atoms with Crippen LogP contribution < -0.4 is 19.3 Å². The third-order valence-corrected chi connectivity index (χ3v) is 11.0. The van der Waals surface area contributed by atoms with Crippen LogP contribution in [0.4, 0.5) is 11.4 Å². The molecule has 0 bridgehead atoms. The van der Waals surface area contributed by atoms with Crippen LogP contribution in [0.25, 0.3) is 0 Å². The number of aliphatic hydroxyl groups is 1. The highest BCUT2D eigenvalue weighted by Crippen LogP contribution is 2.61. The third-order valence-electron chi connectivity index (χ3n) is 9.29. The summed E-state index contributed by atoms with van der Waals surface area (Å²) < 4.78 is 9.96. The fourth-order valence-electron chi connectivity index (χ4n) is 7.40. The topological polar surface area (TPSA) is 99.6 Å². The molecule has 1 unspecified atom stereocenters. The molecular weight excluding hydrogens is 590 g/mol. The van der Waals surface area contributed by atoms with Crippen molar-refractivity contribution in [3.63, 3.8) is 0 Å². The summed E-state index contributed by atoms with van der Waals surface area (Å²) in [5.41, 5.74) is 1.42. The quantitative estimate of drug-likeness (QED) is 0.412. The maximum atomic E-state index is 14.8. The molecule has 238 valence electrons. The van der Waals surface area contributed by atoms with E-state index in [4.69, 9.17) is 9.47 Å². The van der Waals surface area contributed by atoms with Gasteiger partial charge >= 0.3 is 0 Å². The molecule has 0 radical (unpaired) electrons. The average Bonchev–Trinajstić information content (AvgIpc) is 3.36. The van der Waals surface area contributed by atoms with Crippen molar-refractivity contribution in [2.45, 2.75) is 49.3 Å². The summed E-state index contributed by atoms with van der Waals surface area (Å²) in [5.74, 6) is -0.467. The van der Waals surface area contributed by atoms with Crippen molar-refractivity contribution in [2.24, 2.45) is 17.8 Å². The number of benzene rings is 2. The van der Waals surface area contributed by atoms with Gasteiger partial charge in [-0.1, -0.05) is 38.2 Å². The Bertz CT molecular complexity index is 1490. The molecular formula is C35H41N3O6S. The van der Waals surface area contributed by atoms with Crippen molar-refractivity contribution >= 4 is 40.9 Å². The number of hydrogen-bond donors (Lipinski definition) is 1. The Kier molecular flexibility index (Phi) is 8.72. The number of rotatable bonds is 9. The zero-order valence-corrected chi connectivity index (χ0v) is 27.0. The first kappa shape index (κ1) is 31.2. The van der Waals surface area contributed by atoms with Crippen molar-refractivity contribution in [3.05, 3.63) is 72.8 Å². The number of likely N-dealkylation sites (tertiary alicyclic amines) is 1. The predicted octanol–water partition coefficient (Wildman–Crippen LogP) is 4.30. The van der Waals surface area contributed by atoms with Gasteiger partial charge in [-0.3, -0.25) is 14.4 Å². The summed E-state index contributed by atoms with van der Waals surface area (Å²) in [6, 6.07) is 13.3. The fourth-order valence-corrected chi connectivity index (χ4v) is 9.40. The highest BCUT2D eigenvalue weighted by atomic mass is 32.2. The molecule has 45 heavy (non-hydrogen) atoms. The van der Waals surface area contributed by atoms with E-state index in [2.05, 4.69) is 0 Å². The number of ether oxygens (including phenoxy) is 2. The largest absolute Gasteiger partial charge is 0.497 e. The zero-order chi connectivity index (χ0) is 31.9. The highest BCUT2D eigenvalue weighted by molar-refractivity contribution is 8.02. The van der Waals surface area contributed by atoms with Crippen molar-refractivity contribution < 1.29 is 29.0 Å². The van der Waals surface area contributed by atoms with Crippen molar-refractivity contribution in [1.82, 2.24) is 4.90 Å². The van der Waals surface area contributed by atoms with E-state index < -0.39 is 28.7 Å². The first-order chi connectivity index (χ1) is 21.7. The molecule has 2 fully saturated rings. The Balaban J connectivity index is 1.42. The Morgan fingerprint density at radius 3 is 2.13 bits per heavy atom. The number of amides is 3. The number of thioether (sulfide) groups is 1. The van der Waals surface area contributed by atoms with Crippen LogP contribution in [0, 0.1) is 17.8 Å². The number of carbonyl (C=O) groups is 3. The van der Waals surface area contributed by atoms with Crippen LogP contribution >= 0.6 is 11.8 Å². The van der Waals surface area contributed by atoms with E-state index in [0.29, 0.717) is 37.6 Å². The zero-order valence-electron chi connectivity index (χ0n) is 26.2. The summed E-state index contributed by atoms with van der Waals surface area (Å²) in [6.45, 7) is 6.98. The molecule has 2 aromatic rings. The fraction of sp³-hybridized carbons (Fsp3) is 0.457. The molecule has 3 amide bonds. The van der Waals surface area contributed by atoms with Gasteiger partial charge in [0.15, 0.2) is 0 Å².